The van der Waals surface area contributed by atoms with Gasteiger partial charge in [0.2, 0.25) is 5.91 Å². The Hall–Kier alpha value is -3.15. The van der Waals surface area contributed by atoms with Gasteiger partial charge in [0.25, 0.3) is 5.89 Å². The molecule has 2 heterocycles. The van der Waals surface area contributed by atoms with E-state index in [9.17, 15) is 4.79 Å². The van der Waals surface area contributed by atoms with Crippen molar-refractivity contribution in [1.82, 2.24) is 10.1 Å². The smallest absolute Gasteiger partial charge is 0.258 e. The van der Waals surface area contributed by atoms with E-state index < -0.39 is 0 Å². The van der Waals surface area contributed by atoms with Crippen LogP contribution in [-0.2, 0) is 11.2 Å². The zero-order chi connectivity index (χ0) is 20.2. The zero-order valence-electron chi connectivity index (χ0n) is 16.8. The predicted octanol–water partition coefficient (Wildman–Crippen LogP) is 4.61. The van der Waals surface area contributed by atoms with Crippen LogP contribution in [0, 0.1) is 0 Å². The molecule has 1 atom stereocenters. The first-order chi connectivity index (χ1) is 14.2. The highest BCUT2D eigenvalue weighted by molar-refractivity contribution is 5.96. The summed E-state index contributed by atoms with van der Waals surface area (Å²) in [5.74, 6) is 1.74. The second-order valence-corrected chi connectivity index (χ2v) is 7.37. The SMILES string of the molecule is CCCCc1ccc(N2CC(c3noc(-c4cccc(OC)c4)n3)CC2=O)cc1. The minimum atomic E-state index is -0.0784. The lowest BCUT2D eigenvalue weighted by Gasteiger charge is -2.16. The van der Waals surface area contributed by atoms with Crippen molar-refractivity contribution in [2.45, 2.75) is 38.5 Å². The van der Waals surface area contributed by atoms with Gasteiger partial charge in [0.1, 0.15) is 5.75 Å². The van der Waals surface area contributed by atoms with Crippen LogP contribution in [0.5, 0.6) is 5.75 Å². The Labute approximate surface area is 170 Å². The lowest BCUT2D eigenvalue weighted by molar-refractivity contribution is -0.117. The van der Waals surface area contributed by atoms with Gasteiger partial charge >= 0.3 is 0 Å². The van der Waals surface area contributed by atoms with Crippen molar-refractivity contribution in [2.75, 3.05) is 18.6 Å². The topological polar surface area (TPSA) is 68.5 Å². The average Bonchev–Trinajstić information content (AvgIpc) is 3.40. The Morgan fingerprint density at radius 1 is 1.21 bits per heavy atom. The summed E-state index contributed by atoms with van der Waals surface area (Å²) in [5, 5.41) is 4.13. The van der Waals surface area contributed by atoms with Gasteiger partial charge in [-0.1, -0.05) is 36.7 Å². The van der Waals surface area contributed by atoms with Crippen LogP contribution in [0.4, 0.5) is 5.69 Å². The van der Waals surface area contributed by atoms with Crippen molar-refractivity contribution < 1.29 is 14.1 Å². The lowest BCUT2D eigenvalue weighted by Crippen LogP contribution is -2.24. The molecule has 0 aliphatic carbocycles. The molecule has 6 nitrogen and oxygen atoms in total. The predicted molar refractivity (Wildman–Crippen MR) is 111 cm³/mol. The molecule has 4 rings (SSSR count). The molecule has 1 saturated heterocycles. The number of amides is 1. The molecule has 3 aromatic rings. The van der Waals surface area contributed by atoms with E-state index in [1.54, 1.807) is 7.11 Å². The van der Waals surface area contributed by atoms with E-state index in [0.717, 1.165) is 23.4 Å². The van der Waals surface area contributed by atoms with Gasteiger partial charge < -0.3 is 14.2 Å². The van der Waals surface area contributed by atoms with Crippen LogP contribution >= 0.6 is 0 Å². The zero-order valence-corrected chi connectivity index (χ0v) is 16.8. The first kappa shape index (κ1) is 19.2. The van der Waals surface area contributed by atoms with Crippen LogP contribution in [0.3, 0.4) is 0 Å². The van der Waals surface area contributed by atoms with Crippen LogP contribution < -0.4 is 9.64 Å². The molecule has 1 fully saturated rings. The number of nitrogens with zero attached hydrogens (tertiary/aromatic N) is 3. The van der Waals surface area contributed by atoms with E-state index in [1.165, 1.54) is 18.4 Å². The van der Waals surface area contributed by atoms with Crippen molar-refractivity contribution in [3.63, 3.8) is 0 Å². The monoisotopic (exact) mass is 391 g/mol. The summed E-state index contributed by atoms with van der Waals surface area (Å²) in [6.45, 7) is 2.75. The van der Waals surface area contributed by atoms with E-state index in [2.05, 4.69) is 29.2 Å². The number of benzene rings is 2. The number of rotatable bonds is 7. The van der Waals surface area contributed by atoms with Gasteiger partial charge in [-0.2, -0.15) is 4.98 Å². The van der Waals surface area contributed by atoms with Crippen molar-refractivity contribution in [3.8, 4) is 17.2 Å². The number of anilines is 1. The number of aromatic nitrogens is 2. The molecular formula is C23H25N3O3. The molecule has 1 amide bonds. The number of carbonyl (C=O) groups is 1. The molecule has 1 aliphatic rings. The molecule has 0 N–H and O–H groups in total. The highest BCUT2D eigenvalue weighted by Gasteiger charge is 2.34. The minimum absolute atomic E-state index is 0.0784. The molecule has 1 unspecified atom stereocenters. The summed E-state index contributed by atoms with van der Waals surface area (Å²) in [6.07, 6.45) is 3.81. The Kier molecular flexibility index (Phi) is 5.60. The highest BCUT2D eigenvalue weighted by atomic mass is 16.5. The summed E-state index contributed by atoms with van der Waals surface area (Å²) < 4.78 is 10.7. The molecule has 150 valence electrons. The number of hydrogen-bond acceptors (Lipinski definition) is 5. The van der Waals surface area contributed by atoms with Crippen molar-refractivity contribution in [1.29, 1.82) is 0 Å². The standard InChI is InChI=1S/C23H25N3O3/c1-3-4-6-16-9-11-19(12-10-16)26-15-18(14-21(26)27)22-24-23(29-25-22)17-7-5-8-20(13-17)28-2/h5,7-13,18H,3-4,6,14-15H2,1-2H3. The van der Waals surface area contributed by atoms with Gasteiger partial charge in [-0.25, -0.2) is 0 Å². The third-order valence-electron chi connectivity index (χ3n) is 5.32. The van der Waals surface area contributed by atoms with Crippen molar-refractivity contribution >= 4 is 11.6 Å². The molecule has 0 radical (unpaired) electrons. The van der Waals surface area contributed by atoms with Crippen LogP contribution in [0.1, 0.15) is 43.5 Å². The third-order valence-corrected chi connectivity index (χ3v) is 5.32. The molecule has 1 aromatic heterocycles. The normalized spacial score (nSPS) is 16.4. The molecule has 0 saturated carbocycles. The fourth-order valence-corrected chi connectivity index (χ4v) is 3.63. The Morgan fingerprint density at radius 3 is 2.79 bits per heavy atom. The maximum atomic E-state index is 12.6. The number of unbranched alkanes of at least 4 members (excludes halogenated alkanes) is 1. The molecular weight excluding hydrogens is 366 g/mol. The van der Waals surface area contributed by atoms with E-state index in [4.69, 9.17) is 9.26 Å². The quantitative estimate of drug-likeness (QED) is 0.588. The van der Waals surface area contributed by atoms with Crippen molar-refractivity contribution in [3.05, 3.63) is 59.9 Å². The summed E-state index contributed by atoms with van der Waals surface area (Å²) in [5.41, 5.74) is 3.03. The summed E-state index contributed by atoms with van der Waals surface area (Å²) in [4.78, 5) is 19.0. The van der Waals surface area contributed by atoms with E-state index in [0.29, 0.717) is 24.7 Å². The Bertz CT molecular complexity index is 981. The van der Waals surface area contributed by atoms with Gasteiger partial charge in [0.15, 0.2) is 5.82 Å². The molecule has 1 aliphatic heterocycles. The molecule has 2 aromatic carbocycles. The fourth-order valence-electron chi connectivity index (χ4n) is 3.63. The number of aryl methyl sites for hydroxylation is 1. The van der Waals surface area contributed by atoms with Crippen LogP contribution in [0.25, 0.3) is 11.5 Å². The second kappa shape index (κ2) is 8.47. The molecule has 29 heavy (non-hydrogen) atoms. The third kappa shape index (κ3) is 4.16. The van der Waals surface area contributed by atoms with Crippen LogP contribution in [0.2, 0.25) is 0 Å². The molecule has 6 heteroatoms. The van der Waals surface area contributed by atoms with Gasteiger partial charge in [-0.05, 0) is 48.7 Å². The molecule has 0 spiro atoms. The number of hydrogen-bond donors (Lipinski definition) is 0. The number of ether oxygens (including phenoxy) is 1. The Morgan fingerprint density at radius 2 is 2.03 bits per heavy atom. The van der Waals surface area contributed by atoms with E-state index in [1.807, 2.05) is 41.3 Å². The lowest BCUT2D eigenvalue weighted by atomic mass is 10.1. The van der Waals surface area contributed by atoms with Gasteiger partial charge in [-0.3, -0.25) is 4.79 Å². The first-order valence-corrected chi connectivity index (χ1v) is 10.0. The number of carbonyl (C=O) groups excluding carboxylic acids is 1. The van der Waals surface area contributed by atoms with E-state index in [-0.39, 0.29) is 11.8 Å². The second-order valence-electron chi connectivity index (χ2n) is 7.37. The molecule has 0 bridgehead atoms. The van der Waals surface area contributed by atoms with Crippen molar-refractivity contribution in [2.24, 2.45) is 0 Å². The summed E-state index contributed by atoms with van der Waals surface area (Å²) in [6, 6.07) is 15.8. The summed E-state index contributed by atoms with van der Waals surface area (Å²) >= 11 is 0. The largest absolute Gasteiger partial charge is 0.497 e. The first-order valence-electron chi connectivity index (χ1n) is 10.0. The fraction of sp³-hybridized carbons (Fsp3) is 0.348. The van der Waals surface area contributed by atoms with Gasteiger partial charge in [0.05, 0.1) is 7.11 Å². The number of methoxy groups -OCH3 is 1. The van der Waals surface area contributed by atoms with Crippen LogP contribution in [-0.4, -0.2) is 29.7 Å². The highest BCUT2D eigenvalue weighted by Crippen LogP contribution is 2.32. The minimum Gasteiger partial charge on any atom is -0.497 e. The maximum Gasteiger partial charge on any atom is 0.258 e. The average molecular weight is 391 g/mol. The van der Waals surface area contributed by atoms with Gasteiger partial charge in [-0.15, -0.1) is 0 Å². The maximum absolute atomic E-state index is 12.6. The summed E-state index contributed by atoms with van der Waals surface area (Å²) in [7, 11) is 1.62. The van der Waals surface area contributed by atoms with E-state index >= 15 is 0 Å². The van der Waals surface area contributed by atoms with Gasteiger partial charge in [0, 0.05) is 30.1 Å². The van der Waals surface area contributed by atoms with Crippen LogP contribution in [0.15, 0.2) is 53.1 Å². The Balaban J connectivity index is 1.47.